The number of carbonyl (C=O) groups excluding carboxylic acids is 1. The molecule has 0 fully saturated rings. The maximum Gasteiger partial charge on any atom is 0.282 e. The highest BCUT2D eigenvalue weighted by molar-refractivity contribution is 6.30. The van der Waals surface area contributed by atoms with Gasteiger partial charge in [-0.2, -0.15) is 0 Å². The van der Waals surface area contributed by atoms with Gasteiger partial charge in [-0.1, -0.05) is 23.7 Å². The lowest BCUT2D eigenvalue weighted by Gasteiger charge is -2.07. The number of rotatable bonds is 5. The van der Waals surface area contributed by atoms with Crippen molar-refractivity contribution >= 4 is 29.2 Å². The summed E-state index contributed by atoms with van der Waals surface area (Å²) >= 11 is 5.83. The zero-order valence-corrected chi connectivity index (χ0v) is 13.8. The van der Waals surface area contributed by atoms with E-state index in [1.165, 1.54) is 0 Å². The van der Waals surface area contributed by atoms with Crippen LogP contribution in [-0.4, -0.2) is 24.6 Å². The number of halogens is 1. The molecule has 24 heavy (non-hydrogen) atoms. The summed E-state index contributed by atoms with van der Waals surface area (Å²) in [6, 6.07) is 15.0. The number of nitrogens with two attached hydrogens (primary N) is 1. The SMILES string of the molecule is NC1=N[C@@H](CCc2ccc(C(=O)Nc3ccc(Cl)cc3)cc2)CO1. The summed E-state index contributed by atoms with van der Waals surface area (Å²) in [4.78, 5) is 16.4. The van der Waals surface area contributed by atoms with Gasteiger partial charge >= 0.3 is 0 Å². The largest absolute Gasteiger partial charge is 0.463 e. The number of ether oxygens (including phenoxy) is 1. The average Bonchev–Trinajstić information content (AvgIpc) is 3.01. The molecule has 2 aromatic carbocycles. The number of hydrogen-bond acceptors (Lipinski definition) is 4. The Labute approximate surface area is 145 Å². The summed E-state index contributed by atoms with van der Waals surface area (Å²) in [6.45, 7) is 0.549. The predicted molar refractivity (Wildman–Crippen MR) is 95.5 cm³/mol. The quantitative estimate of drug-likeness (QED) is 0.875. The zero-order chi connectivity index (χ0) is 16.9. The van der Waals surface area contributed by atoms with E-state index >= 15 is 0 Å². The first kappa shape index (κ1) is 16.3. The van der Waals surface area contributed by atoms with Crippen LogP contribution in [0.15, 0.2) is 53.5 Å². The fraction of sp³-hybridized carbons (Fsp3) is 0.222. The van der Waals surface area contributed by atoms with Gasteiger partial charge in [0.05, 0.1) is 6.04 Å². The molecule has 1 aliphatic rings. The summed E-state index contributed by atoms with van der Waals surface area (Å²) in [5.74, 6) is -0.148. The number of anilines is 1. The topological polar surface area (TPSA) is 76.7 Å². The van der Waals surface area contributed by atoms with E-state index in [-0.39, 0.29) is 18.0 Å². The van der Waals surface area contributed by atoms with Gasteiger partial charge in [0, 0.05) is 16.3 Å². The van der Waals surface area contributed by atoms with E-state index in [1.807, 2.05) is 24.3 Å². The Hall–Kier alpha value is -2.53. The third kappa shape index (κ3) is 4.26. The summed E-state index contributed by atoms with van der Waals surface area (Å²) in [5.41, 5.74) is 7.97. The molecule has 5 nitrogen and oxygen atoms in total. The summed E-state index contributed by atoms with van der Waals surface area (Å²) in [5, 5.41) is 3.48. The summed E-state index contributed by atoms with van der Waals surface area (Å²) in [7, 11) is 0. The highest BCUT2D eigenvalue weighted by atomic mass is 35.5. The van der Waals surface area contributed by atoms with Crippen LogP contribution in [0.25, 0.3) is 0 Å². The molecule has 3 rings (SSSR count). The minimum Gasteiger partial charge on any atom is -0.463 e. The van der Waals surface area contributed by atoms with Crippen LogP contribution in [0.3, 0.4) is 0 Å². The van der Waals surface area contributed by atoms with Crippen molar-refractivity contribution < 1.29 is 9.53 Å². The van der Waals surface area contributed by atoms with Gasteiger partial charge in [-0.3, -0.25) is 4.79 Å². The van der Waals surface area contributed by atoms with Crippen LogP contribution in [0, 0.1) is 0 Å². The van der Waals surface area contributed by atoms with Crippen LogP contribution < -0.4 is 11.1 Å². The fourth-order valence-corrected chi connectivity index (χ4v) is 2.60. The number of nitrogens with zero attached hydrogens (tertiary/aromatic N) is 1. The second-order valence-electron chi connectivity index (χ2n) is 5.63. The number of amides is 1. The number of aryl methyl sites for hydroxylation is 1. The van der Waals surface area contributed by atoms with Crippen LogP contribution in [0.2, 0.25) is 5.02 Å². The van der Waals surface area contributed by atoms with Crippen molar-refractivity contribution in [3.8, 4) is 0 Å². The number of benzene rings is 2. The van der Waals surface area contributed by atoms with Crippen molar-refractivity contribution in [2.75, 3.05) is 11.9 Å². The van der Waals surface area contributed by atoms with Gasteiger partial charge in [-0.05, 0) is 54.8 Å². The molecule has 0 radical (unpaired) electrons. The minimum absolute atomic E-state index is 0.123. The smallest absolute Gasteiger partial charge is 0.282 e. The molecule has 2 aromatic rings. The Bertz CT molecular complexity index is 742. The van der Waals surface area contributed by atoms with Crippen molar-refractivity contribution in [3.05, 3.63) is 64.7 Å². The molecule has 1 amide bonds. The Kier molecular flexibility index (Phi) is 5.01. The van der Waals surface area contributed by atoms with Crippen LogP contribution in [0.1, 0.15) is 22.3 Å². The van der Waals surface area contributed by atoms with Gasteiger partial charge in [0.15, 0.2) is 0 Å². The Morgan fingerprint density at radius 1 is 1.21 bits per heavy atom. The van der Waals surface area contributed by atoms with Crippen molar-refractivity contribution in [2.45, 2.75) is 18.9 Å². The number of amidine groups is 1. The predicted octanol–water partition coefficient (Wildman–Crippen LogP) is 3.24. The molecule has 0 aromatic heterocycles. The molecule has 0 unspecified atom stereocenters. The fourth-order valence-electron chi connectivity index (χ4n) is 2.48. The van der Waals surface area contributed by atoms with Crippen molar-refractivity contribution in [3.63, 3.8) is 0 Å². The van der Waals surface area contributed by atoms with Crippen LogP contribution in [0.5, 0.6) is 0 Å². The molecule has 0 bridgehead atoms. The molecule has 6 heteroatoms. The summed E-state index contributed by atoms with van der Waals surface area (Å²) < 4.78 is 5.13. The monoisotopic (exact) mass is 343 g/mol. The summed E-state index contributed by atoms with van der Waals surface area (Å²) in [6.07, 6.45) is 1.74. The highest BCUT2D eigenvalue weighted by Gasteiger charge is 2.16. The lowest BCUT2D eigenvalue weighted by atomic mass is 10.0. The molecule has 1 atom stereocenters. The van der Waals surface area contributed by atoms with E-state index in [2.05, 4.69) is 10.3 Å². The van der Waals surface area contributed by atoms with E-state index in [9.17, 15) is 4.79 Å². The highest BCUT2D eigenvalue weighted by Crippen LogP contribution is 2.16. The third-order valence-corrected chi connectivity index (χ3v) is 4.07. The van der Waals surface area contributed by atoms with Gasteiger partial charge in [-0.25, -0.2) is 4.99 Å². The van der Waals surface area contributed by atoms with Crippen LogP contribution >= 0.6 is 11.6 Å². The molecule has 124 valence electrons. The molecule has 1 aliphatic heterocycles. The van der Waals surface area contributed by atoms with Gasteiger partial charge in [0.2, 0.25) is 0 Å². The second kappa shape index (κ2) is 7.36. The first-order chi connectivity index (χ1) is 11.6. The lowest BCUT2D eigenvalue weighted by molar-refractivity contribution is 0.102. The first-order valence-electron chi connectivity index (χ1n) is 7.72. The maximum atomic E-state index is 12.2. The van der Waals surface area contributed by atoms with E-state index in [4.69, 9.17) is 22.1 Å². The third-order valence-electron chi connectivity index (χ3n) is 3.82. The molecule has 1 heterocycles. The number of hydrogen-bond donors (Lipinski definition) is 2. The number of aliphatic imine (C=N–C) groups is 1. The first-order valence-corrected chi connectivity index (χ1v) is 8.10. The molecule has 0 saturated carbocycles. The molecular weight excluding hydrogens is 326 g/mol. The second-order valence-corrected chi connectivity index (χ2v) is 6.07. The van der Waals surface area contributed by atoms with E-state index in [0.717, 1.165) is 18.4 Å². The van der Waals surface area contributed by atoms with Crippen LogP contribution in [0.4, 0.5) is 5.69 Å². The molecule has 0 spiro atoms. The lowest BCUT2D eigenvalue weighted by Crippen LogP contribution is -2.12. The van der Waals surface area contributed by atoms with E-state index < -0.39 is 0 Å². The van der Waals surface area contributed by atoms with Crippen LogP contribution in [-0.2, 0) is 11.2 Å². The van der Waals surface area contributed by atoms with Gasteiger partial charge in [0.1, 0.15) is 6.61 Å². The standard InChI is InChI=1S/C18H18ClN3O2/c19-14-6-9-15(10-7-14)21-17(23)13-4-1-12(2-5-13)3-8-16-11-24-18(20)22-16/h1-2,4-7,9-10,16H,3,8,11H2,(H2,20,22)(H,21,23)/t16-/m0/s1. The number of nitrogens with one attached hydrogen (secondary N) is 1. The van der Waals surface area contributed by atoms with Gasteiger partial charge < -0.3 is 15.8 Å². The van der Waals surface area contributed by atoms with Crippen molar-refractivity contribution in [2.24, 2.45) is 10.7 Å². The molecule has 3 N–H and O–H groups in total. The maximum absolute atomic E-state index is 12.2. The molecule has 0 aliphatic carbocycles. The number of carbonyl (C=O) groups is 1. The van der Waals surface area contributed by atoms with Gasteiger partial charge in [-0.15, -0.1) is 0 Å². The minimum atomic E-state index is -0.148. The van der Waals surface area contributed by atoms with Gasteiger partial charge in [0.25, 0.3) is 11.9 Å². The average molecular weight is 344 g/mol. The van der Waals surface area contributed by atoms with Crippen molar-refractivity contribution in [1.82, 2.24) is 0 Å². The Balaban J connectivity index is 1.55. The van der Waals surface area contributed by atoms with E-state index in [0.29, 0.717) is 22.9 Å². The Morgan fingerprint density at radius 3 is 2.54 bits per heavy atom. The normalized spacial score (nSPS) is 16.4. The zero-order valence-electron chi connectivity index (χ0n) is 13.0. The molecule has 0 saturated heterocycles. The molecular formula is C18H18ClN3O2. The van der Waals surface area contributed by atoms with Crippen molar-refractivity contribution in [1.29, 1.82) is 0 Å². The Morgan fingerprint density at radius 2 is 1.92 bits per heavy atom. The van der Waals surface area contributed by atoms with E-state index in [1.54, 1.807) is 24.3 Å².